The molecule has 0 radical (unpaired) electrons. The van der Waals surface area contributed by atoms with E-state index < -0.39 is 5.97 Å². The lowest BCUT2D eigenvalue weighted by Crippen LogP contribution is -2.32. The summed E-state index contributed by atoms with van der Waals surface area (Å²) in [7, 11) is 0. The van der Waals surface area contributed by atoms with Crippen LogP contribution in [0.3, 0.4) is 0 Å². The second-order valence-corrected chi connectivity index (χ2v) is 4.68. The standard InChI is InChI=1S/C12H21NO3/c1-2-9(7-12(15)16)8-13-11(14)6-10-4-3-5-10/h9-10H,2-8H2,1H3,(H,13,14)(H,15,16). The molecule has 92 valence electrons. The van der Waals surface area contributed by atoms with Gasteiger partial charge in [-0.05, 0) is 24.7 Å². The van der Waals surface area contributed by atoms with Gasteiger partial charge in [-0.2, -0.15) is 0 Å². The third kappa shape index (κ3) is 4.64. The Morgan fingerprint density at radius 2 is 2.12 bits per heavy atom. The minimum absolute atomic E-state index is 0.0582. The maximum absolute atomic E-state index is 11.5. The normalized spacial score (nSPS) is 17.6. The van der Waals surface area contributed by atoms with E-state index in [-0.39, 0.29) is 18.2 Å². The van der Waals surface area contributed by atoms with Crippen LogP contribution >= 0.6 is 0 Å². The summed E-state index contributed by atoms with van der Waals surface area (Å²) < 4.78 is 0. The molecular weight excluding hydrogens is 206 g/mol. The molecule has 1 amide bonds. The monoisotopic (exact) mass is 227 g/mol. The maximum atomic E-state index is 11.5. The first-order chi connectivity index (χ1) is 7.61. The van der Waals surface area contributed by atoms with E-state index in [1.54, 1.807) is 0 Å². The largest absolute Gasteiger partial charge is 0.481 e. The van der Waals surface area contributed by atoms with Crippen LogP contribution < -0.4 is 5.32 Å². The van der Waals surface area contributed by atoms with Crippen molar-refractivity contribution in [3.8, 4) is 0 Å². The zero-order chi connectivity index (χ0) is 12.0. The minimum Gasteiger partial charge on any atom is -0.481 e. The molecule has 1 rings (SSSR count). The fourth-order valence-corrected chi connectivity index (χ4v) is 1.90. The van der Waals surface area contributed by atoms with Gasteiger partial charge in [-0.15, -0.1) is 0 Å². The van der Waals surface area contributed by atoms with E-state index in [0.717, 1.165) is 6.42 Å². The predicted octanol–water partition coefficient (Wildman–Crippen LogP) is 1.79. The van der Waals surface area contributed by atoms with Gasteiger partial charge in [0.1, 0.15) is 0 Å². The molecule has 1 fully saturated rings. The Labute approximate surface area is 96.4 Å². The molecule has 0 aliphatic heterocycles. The molecule has 1 aliphatic rings. The summed E-state index contributed by atoms with van der Waals surface area (Å²) in [5, 5.41) is 11.5. The topological polar surface area (TPSA) is 66.4 Å². The number of carbonyl (C=O) groups excluding carboxylic acids is 1. The van der Waals surface area contributed by atoms with Crippen LogP contribution in [-0.4, -0.2) is 23.5 Å². The minimum atomic E-state index is -0.792. The first-order valence-corrected chi connectivity index (χ1v) is 6.10. The van der Waals surface area contributed by atoms with Gasteiger partial charge in [-0.3, -0.25) is 9.59 Å². The third-order valence-corrected chi connectivity index (χ3v) is 3.33. The quantitative estimate of drug-likeness (QED) is 0.697. The molecular formula is C12H21NO3. The summed E-state index contributed by atoms with van der Waals surface area (Å²) in [6, 6.07) is 0. The van der Waals surface area contributed by atoms with Crippen molar-refractivity contribution in [2.24, 2.45) is 11.8 Å². The van der Waals surface area contributed by atoms with Gasteiger partial charge in [0, 0.05) is 19.4 Å². The third-order valence-electron chi connectivity index (χ3n) is 3.33. The Balaban J connectivity index is 2.14. The number of amides is 1. The molecule has 0 aromatic heterocycles. The SMILES string of the molecule is CCC(CNC(=O)CC1CCC1)CC(=O)O. The molecule has 4 heteroatoms. The van der Waals surface area contributed by atoms with Gasteiger partial charge in [0.05, 0.1) is 0 Å². The zero-order valence-corrected chi connectivity index (χ0v) is 9.87. The fourth-order valence-electron chi connectivity index (χ4n) is 1.90. The van der Waals surface area contributed by atoms with E-state index in [4.69, 9.17) is 5.11 Å². The van der Waals surface area contributed by atoms with E-state index in [0.29, 0.717) is 18.9 Å². The van der Waals surface area contributed by atoms with Gasteiger partial charge < -0.3 is 10.4 Å². The number of nitrogens with one attached hydrogen (secondary N) is 1. The molecule has 4 nitrogen and oxygen atoms in total. The Bertz CT molecular complexity index is 249. The zero-order valence-electron chi connectivity index (χ0n) is 9.87. The highest BCUT2D eigenvalue weighted by Crippen LogP contribution is 2.29. The van der Waals surface area contributed by atoms with E-state index in [9.17, 15) is 9.59 Å². The lowest BCUT2D eigenvalue weighted by Gasteiger charge is -2.24. The molecule has 1 saturated carbocycles. The van der Waals surface area contributed by atoms with E-state index in [1.807, 2.05) is 6.92 Å². The van der Waals surface area contributed by atoms with Gasteiger partial charge in [0.15, 0.2) is 0 Å². The number of hydrogen-bond donors (Lipinski definition) is 2. The average molecular weight is 227 g/mol. The fraction of sp³-hybridized carbons (Fsp3) is 0.833. The van der Waals surface area contributed by atoms with Crippen molar-refractivity contribution in [3.63, 3.8) is 0 Å². The van der Waals surface area contributed by atoms with Gasteiger partial charge >= 0.3 is 5.97 Å². The number of rotatable bonds is 7. The number of aliphatic carboxylic acids is 1. The van der Waals surface area contributed by atoms with Gasteiger partial charge in [0.25, 0.3) is 0 Å². The first kappa shape index (κ1) is 13.0. The van der Waals surface area contributed by atoms with E-state index in [2.05, 4.69) is 5.32 Å². The van der Waals surface area contributed by atoms with Crippen molar-refractivity contribution in [2.75, 3.05) is 6.54 Å². The van der Waals surface area contributed by atoms with Crippen LogP contribution in [-0.2, 0) is 9.59 Å². The molecule has 2 N–H and O–H groups in total. The van der Waals surface area contributed by atoms with Crippen molar-refractivity contribution < 1.29 is 14.7 Å². The van der Waals surface area contributed by atoms with E-state index >= 15 is 0 Å². The molecule has 1 unspecified atom stereocenters. The molecule has 0 bridgehead atoms. The number of carbonyl (C=O) groups is 2. The second-order valence-electron chi connectivity index (χ2n) is 4.68. The summed E-state index contributed by atoms with van der Waals surface area (Å²) in [5.41, 5.74) is 0. The van der Waals surface area contributed by atoms with Crippen LogP contribution in [0.4, 0.5) is 0 Å². The maximum Gasteiger partial charge on any atom is 0.303 e. The lowest BCUT2D eigenvalue weighted by molar-refractivity contribution is -0.138. The van der Waals surface area contributed by atoms with Crippen LogP contribution in [0.1, 0.15) is 45.4 Å². The highest BCUT2D eigenvalue weighted by atomic mass is 16.4. The molecule has 0 saturated heterocycles. The van der Waals surface area contributed by atoms with Crippen molar-refractivity contribution in [1.29, 1.82) is 0 Å². The first-order valence-electron chi connectivity index (χ1n) is 6.10. The molecule has 0 spiro atoms. The van der Waals surface area contributed by atoms with Crippen LogP contribution in [0.5, 0.6) is 0 Å². The molecule has 0 aromatic carbocycles. The van der Waals surface area contributed by atoms with Crippen molar-refractivity contribution in [3.05, 3.63) is 0 Å². The van der Waals surface area contributed by atoms with Crippen molar-refractivity contribution >= 4 is 11.9 Å². The van der Waals surface area contributed by atoms with Crippen LogP contribution in [0.2, 0.25) is 0 Å². The predicted molar refractivity (Wildman–Crippen MR) is 61.0 cm³/mol. The Morgan fingerprint density at radius 3 is 2.56 bits per heavy atom. The summed E-state index contributed by atoms with van der Waals surface area (Å²) in [5.74, 6) is -0.0870. The highest BCUT2D eigenvalue weighted by Gasteiger charge is 2.21. The number of carboxylic acids is 1. The molecule has 16 heavy (non-hydrogen) atoms. The van der Waals surface area contributed by atoms with Crippen molar-refractivity contribution in [2.45, 2.75) is 45.4 Å². The Kier molecular flexibility index (Phi) is 5.29. The molecule has 1 aliphatic carbocycles. The summed E-state index contributed by atoms with van der Waals surface area (Å²) in [6.07, 6.45) is 5.12. The highest BCUT2D eigenvalue weighted by molar-refractivity contribution is 5.76. The smallest absolute Gasteiger partial charge is 0.303 e. The summed E-state index contributed by atoms with van der Waals surface area (Å²) in [4.78, 5) is 22.0. The summed E-state index contributed by atoms with van der Waals surface area (Å²) in [6.45, 7) is 2.44. The van der Waals surface area contributed by atoms with Crippen molar-refractivity contribution in [1.82, 2.24) is 5.32 Å². The number of carboxylic acid groups (broad SMARTS) is 1. The lowest BCUT2D eigenvalue weighted by atomic mass is 9.83. The molecule has 1 atom stereocenters. The van der Waals surface area contributed by atoms with Crippen LogP contribution in [0, 0.1) is 11.8 Å². The second kappa shape index (κ2) is 6.51. The summed E-state index contributed by atoms with van der Waals surface area (Å²) >= 11 is 0. The number of hydrogen-bond acceptors (Lipinski definition) is 2. The Morgan fingerprint density at radius 1 is 1.44 bits per heavy atom. The van der Waals surface area contributed by atoms with Gasteiger partial charge in [0.2, 0.25) is 5.91 Å². The van der Waals surface area contributed by atoms with Crippen LogP contribution in [0.25, 0.3) is 0 Å². The molecule has 0 aromatic rings. The molecule has 0 heterocycles. The van der Waals surface area contributed by atoms with Crippen LogP contribution in [0.15, 0.2) is 0 Å². The van der Waals surface area contributed by atoms with Gasteiger partial charge in [-0.25, -0.2) is 0 Å². The van der Waals surface area contributed by atoms with E-state index in [1.165, 1.54) is 19.3 Å². The Hall–Kier alpha value is -1.06. The average Bonchev–Trinajstić information content (AvgIpc) is 2.17. The van der Waals surface area contributed by atoms with Gasteiger partial charge in [-0.1, -0.05) is 19.8 Å².